The molecule has 0 aliphatic heterocycles. The van der Waals surface area contributed by atoms with E-state index in [-0.39, 0.29) is 0 Å². The molecule has 72 valence electrons. The van der Waals surface area contributed by atoms with Crippen molar-refractivity contribution in [3.63, 3.8) is 0 Å². The summed E-state index contributed by atoms with van der Waals surface area (Å²) in [6.07, 6.45) is 0. The Morgan fingerprint density at radius 1 is 1.21 bits per heavy atom. The predicted octanol–water partition coefficient (Wildman–Crippen LogP) is 3.19. The van der Waals surface area contributed by atoms with Gasteiger partial charge in [-0.1, -0.05) is 22.0 Å². The van der Waals surface area contributed by atoms with E-state index in [1.165, 1.54) is 0 Å². The van der Waals surface area contributed by atoms with Gasteiger partial charge in [-0.05, 0) is 29.7 Å². The summed E-state index contributed by atoms with van der Waals surface area (Å²) < 4.78 is 6.31. The number of nitrogens with two attached hydrogens (primary N) is 1. The number of methoxy groups -OCH3 is 1. The van der Waals surface area contributed by atoms with E-state index in [2.05, 4.69) is 15.9 Å². The van der Waals surface area contributed by atoms with Gasteiger partial charge < -0.3 is 10.5 Å². The van der Waals surface area contributed by atoms with Crippen LogP contribution >= 0.6 is 15.9 Å². The van der Waals surface area contributed by atoms with E-state index in [0.29, 0.717) is 5.69 Å². The van der Waals surface area contributed by atoms with Crippen molar-refractivity contribution in [2.75, 3.05) is 12.8 Å². The molecule has 14 heavy (non-hydrogen) atoms. The number of rotatable bonds is 1. The van der Waals surface area contributed by atoms with E-state index in [0.717, 1.165) is 21.0 Å². The molecule has 0 unspecified atom stereocenters. The predicted molar refractivity (Wildman–Crippen MR) is 62.6 cm³/mol. The Kier molecular flexibility index (Phi) is 2.33. The SMILES string of the molecule is COc1c(N)ccc2cc(Br)ccc12. The second-order valence-electron chi connectivity index (χ2n) is 3.05. The number of hydrogen-bond acceptors (Lipinski definition) is 2. The monoisotopic (exact) mass is 251 g/mol. The maximum Gasteiger partial charge on any atom is 0.149 e. The van der Waals surface area contributed by atoms with Crippen molar-refractivity contribution in [3.05, 3.63) is 34.8 Å². The summed E-state index contributed by atoms with van der Waals surface area (Å²) in [5.74, 6) is 0.745. The quantitative estimate of drug-likeness (QED) is 0.791. The van der Waals surface area contributed by atoms with Gasteiger partial charge in [-0.3, -0.25) is 0 Å². The minimum atomic E-state index is 0.669. The topological polar surface area (TPSA) is 35.2 Å². The fourth-order valence-corrected chi connectivity index (χ4v) is 1.90. The molecule has 0 spiro atoms. The summed E-state index contributed by atoms with van der Waals surface area (Å²) in [4.78, 5) is 0. The van der Waals surface area contributed by atoms with Crippen molar-refractivity contribution in [3.8, 4) is 5.75 Å². The van der Waals surface area contributed by atoms with E-state index in [1.807, 2.05) is 30.3 Å². The Balaban J connectivity index is 2.82. The molecule has 2 aromatic carbocycles. The standard InChI is InChI=1S/C11H10BrNO/c1-14-11-9-4-3-8(12)6-7(9)2-5-10(11)13/h2-6H,13H2,1H3. The molecule has 2 N–H and O–H groups in total. The van der Waals surface area contributed by atoms with Crippen LogP contribution in [0.3, 0.4) is 0 Å². The van der Waals surface area contributed by atoms with Crippen LogP contribution in [0.4, 0.5) is 5.69 Å². The Hall–Kier alpha value is -1.22. The van der Waals surface area contributed by atoms with Crippen LogP contribution in [-0.4, -0.2) is 7.11 Å². The first-order chi connectivity index (χ1) is 6.72. The highest BCUT2D eigenvalue weighted by Crippen LogP contribution is 2.32. The van der Waals surface area contributed by atoms with E-state index in [9.17, 15) is 0 Å². The van der Waals surface area contributed by atoms with Gasteiger partial charge in [-0.25, -0.2) is 0 Å². The lowest BCUT2D eigenvalue weighted by Gasteiger charge is -2.08. The third-order valence-electron chi connectivity index (χ3n) is 2.17. The number of nitrogen functional groups attached to an aromatic ring is 1. The molecule has 2 nitrogen and oxygen atoms in total. The second-order valence-corrected chi connectivity index (χ2v) is 3.97. The molecule has 0 aromatic heterocycles. The summed E-state index contributed by atoms with van der Waals surface area (Å²) >= 11 is 3.43. The van der Waals surface area contributed by atoms with Gasteiger partial charge in [-0.15, -0.1) is 0 Å². The fourth-order valence-electron chi connectivity index (χ4n) is 1.52. The molecule has 2 aromatic rings. The number of benzene rings is 2. The fraction of sp³-hybridized carbons (Fsp3) is 0.0909. The molecule has 0 saturated carbocycles. The number of ether oxygens (including phenoxy) is 1. The molecule has 0 aliphatic carbocycles. The third-order valence-corrected chi connectivity index (χ3v) is 2.66. The van der Waals surface area contributed by atoms with E-state index < -0.39 is 0 Å². The average Bonchev–Trinajstić information content (AvgIpc) is 2.18. The third kappa shape index (κ3) is 1.44. The first-order valence-electron chi connectivity index (χ1n) is 4.24. The van der Waals surface area contributed by atoms with Gasteiger partial charge in [0.05, 0.1) is 12.8 Å². The zero-order valence-corrected chi connectivity index (χ0v) is 9.34. The van der Waals surface area contributed by atoms with Crippen LogP contribution < -0.4 is 10.5 Å². The number of fused-ring (bicyclic) bond motifs is 1. The zero-order chi connectivity index (χ0) is 10.1. The highest BCUT2D eigenvalue weighted by molar-refractivity contribution is 9.10. The van der Waals surface area contributed by atoms with Crippen molar-refractivity contribution in [1.82, 2.24) is 0 Å². The van der Waals surface area contributed by atoms with Crippen molar-refractivity contribution < 1.29 is 4.74 Å². The summed E-state index contributed by atoms with van der Waals surface area (Å²) in [6, 6.07) is 9.85. The van der Waals surface area contributed by atoms with Crippen LogP contribution in [0.2, 0.25) is 0 Å². The Morgan fingerprint density at radius 2 is 2.00 bits per heavy atom. The zero-order valence-electron chi connectivity index (χ0n) is 7.75. The summed E-state index contributed by atoms with van der Waals surface area (Å²) in [5.41, 5.74) is 6.47. The molecule has 0 heterocycles. The lowest BCUT2D eigenvalue weighted by atomic mass is 10.1. The van der Waals surface area contributed by atoms with Crippen LogP contribution in [0.1, 0.15) is 0 Å². The first-order valence-corrected chi connectivity index (χ1v) is 5.03. The molecule has 0 aliphatic rings. The molecule has 2 rings (SSSR count). The summed E-state index contributed by atoms with van der Waals surface area (Å²) in [5, 5.41) is 2.15. The van der Waals surface area contributed by atoms with E-state index in [4.69, 9.17) is 10.5 Å². The molecule has 3 heteroatoms. The maximum atomic E-state index is 5.80. The Morgan fingerprint density at radius 3 is 2.71 bits per heavy atom. The van der Waals surface area contributed by atoms with Gasteiger partial charge in [0.25, 0.3) is 0 Å². The van der Waals surface area contributed by atoms with Crippen molar-refractivity contribution in [2.24, 2.45) is 0 Å². The number of hydrogen-bond donors (Lipinski definition) is 1. The smallest absolute Gasteiger partial charge is 0.149 e. The first kappa shape index (κ1) is 9.34. The Bertz CT molecular complexity index is 482. The van der Waals surface area contributed by atoms with Crippen LogP contribution in [0, 0.1) is 0 Å². The largest absolute Gasteiger partial charge is 0.494 e. The van der Waals surface area contributed by atoms with Crippen LogP contribution in [0.15, 0.2) is 34.8 Å². The van der Waals surface area contributed by atoms with Gasteiger partial charge >= 0.3 is 0 Å². The molecule has 0 saturated heterocycles. The number of anilines is 1. The van der Waals surface area contributed by atoms with E-state index in [1.54, 1.807) is 7.11 Å². The minimum absolute atomic E-state index is 0.669. The minimum Gasteiger partial charge on any atom is -0.494 e. The van der Waals surface area contributed by atoms with Crippen LogP contribution in [0.5, 0.6) is 5.75 Å². The summed E-state index contributed by atoms with van der Waals surface area (Å²) in [6.45, 7) is 0. The highest BCUT2D eigenvalue weighted by Gasteiger charge is 2.04. The summed E-state index contributed by atoms with van der Waals surface area (Å²) in [7, 11) is 1.63. The molecule has 0 fully saturated rings. The van der Waals surface area contributed by atoms with Crippen molar-refractivity contribution >= 4 is 32.4 Å². The molecular weight excluding hydrogens is 242 g/mol. The van der Waals surface area contributed by atoms with Crippen molar-refractivity contribution in [2.45, 2.75) is 0 Å². The maximum absolute atomic E-state index is 5.80. The van der Waals surface area contributed by atoms with Gasteiger partial charge in [0.1, 0.15) is 5.75 Å². The number of halogens is 1. The second kappa shape index (κ2) is 3.50. The highest BCUT2D eigenvalue weighted by atomic mass is 79.9. The lowest BCUT2D eigenvalue weighted by molar-refractivity contribution is 0.422. The molecule has 0 amide bonds. The van der Waals surface area contributed by atoms with Gasteiger partial charge in [0, 0.05) is 9.86 Å². The van der Waals surface area contributed by atoms with Crippen molar-refractivity contribution in [1.29, 1.82) is 0 Å². The lowest BCUT2D eigenvalue weighted by Crippen LogP contribution is -1.92. The van der Waals surface area contributed by atoms with Crippen LogP contribution in [0.25, 0.3) is 10.8 Å². The van der Waals surface area contributed by atoms with Gasteiger partial charge in [-0.2, -0.15) is 0 Å². The van der Waals surface area contributed by atoms with Gasteiger partial charge in [0.15, 0.2) is 0 Å². The normalized spacial score (nSPS) is 10.4. The van der Waals surface area contributed by atoms with Gasteiger partial charge in [0.2, 0.25) is 0 Å². The molecule has 0 bridgehead atoms. The Labute approximate surface area is 90.8 Å². The average molecular weight is 252 g/mol. The molecular formula is C11H10BrNO. The van der Waals surface area contributed by atoms with E-state index >= 15 is 0 Å². The molecule has 0 atom stereocenters. The van der Waals surface area contributed by atoms with Crippen LogP contribution in [-0.2, 0) is 0 Å². The molecule has 0 radical (unpaired) electrons.